The Morgan fingerprint density at radius 1 is 1.29 bits per heavy atom. The number of nitrogens with one attached hydrogen (secondary N) is 2. The Hall–Kier alpha value is -2.19. The summed E-state index contributed by atoms with van der Waals surface area (Å²) in [5.41, 5.74) is 4.92. The Morgan fingerprint density at radius 2 is 2.05 bits per heavy atom. The van der Waals surface area contributed by atoms with Gasteiger partial charge in [0, 0.05) is 31.3 Å². The molecule has 1 aromatic carbocycles. The molecule has 1 aromatic rings. The summed E-state index contributed by atoms with van der Waals surface area (Å²) in [6, 6.07) is 3.18. The second kappa shape index (κ2) is 5.66. The second-order valence-electron chi connectivity index (χ2n) is 5.04. The van der Waals surface area contributed by atoms with Gasteiger partial charge in [0.15, 0.2) is 0 Å². The first-order chi connectivity index (χ1) is 10.1. The van der Waals surface area contributed by atoms with Crippen molar-refractivity contribution in [2.45, 2.75) is 12.8 Å². The fraction of sp³-hybridized carbons (Fsp3) is 0.462. The number of carbonyl (C=O) groups excluding carboxylic acids is 1. The van der Waals surface area contributed by atoms with Crippen molar-refractivity contribution in [3.8, 4) is 0 Å². The number of fused-ring (bicyclic) bond motifs is 1. The predicted octanol–water partition coefficient (Wildman–Crippen LogP) is 1.14. The molecular weight excluding hydrogens is 276 g/mol. The minimum absolute atomic E-state index is 0.0244. The Kier molecular flexibility index (Phi) is 3.72. The number of hydrogen-bond acceptors (Lipinski definition) is 6. The highest BCUT2D eigenvalue weighted by Crippen LogP contribution is 2.34. The number of hydrogen-bond donors (Lipinski definition) is 2. The van der Waals surface area contributed by atoms with E-state index in [-0.39, 0.29) is 11.6 Å². The third kappa shape index (κ3) is 2.96. The van der Waals surface area contributed by atoms with Gasteiger partial charge in [0.1, 0.15) is 5.69 Å². The van der Waals surface area contributed by atoms with Gasteiger partial charge in [-0.1, -0.05) is 0 Å². The standard InChI is InChI=1S/C13H16N4O4/c18-13-2-1-9-7-12(17(19)20)11(8-10(9)14-13)15-16-3-5-21-6-4-16/h7-8,15H,1-6H2,(H,14,18). The average molecular weight is 292 g/mol. The number of nitrogens with zero attached hydrogens (tertiary/aromatic N) is 2. The number of nitro groups is 1. The van der Waals surface area contributed by atoms with E-state index in [0.717, 1.165) is 5.56 Å². The summed E-state index contributed by atoms with van der Waals surface area (Å²) in [6.07, 6.45) is 0.889. The fourth-order valence-corrected chi connectivity index (χ4v) is 2.50. The zero-order valence-corrected chi connectivity index (χ0v) is 11.4. The van der Waals surface area contributed by atoms with Crippen molar-refractivity contribution in [1.82, 2.24) is 5.01 Å². The molecule has 0 atom stereocenters. The van der Waals surface area contributed by atoms with Crippen LogP contribution in [0.5, 0.6) is 0 Å². The van der Waals surface area contributed by atoms with Crippen LogP contribution < -0.4 is 10.7 Å². The minimum atomic E-state index is -0.403. The van der Waals surface area contributed by atoms with E-state index >= 15 is 0 Å². The lowest BCUT2D eigenvalue weighted by Gasteiger charge is -2.28. The van der Waals surface area contributed by atoms with Crippen molar-refractivity contribution in [3.05, 3.63) is 27.8 Å². The van der Waals surface area contributed by atoms with Crippen molar-refractivity contribution in [2.24, 2.45) is 0 Å². The van der Waals surface area contributed by atoms with E-state index in [2.05, 4.69) is 10.7 Å². The molecule has 112 valence electrons. The predicted molar refractivity (Wildman–Crippen MR) is 76.1 cm³/mol. The molecule has 2 N–H and O–H groups in total. The van der Waals surface area contributed by atoms with Crippen LogP contribution in [0.3, 0.4) is 0 Å². The largest absolute Gasteiger partial charge is 0.379 e. The summed E-state index contributed by atoms with van der Waals surface area (Å²) in [7, 11) is 0. The number of nitro benzene ring substituents is 1. The molecule has 1 fully saturated rings. The van der Waals surface area contributed by atoms with Crippen molar-refractivity contribution >= 4 is 23.0 Å². The lowest BCUT2D eigenvalue weighted by Crippen LogP contribution is -2.40. The van der Waals surface area contributed by atoms with Crippen molar-refractivity contribution in [2.75, 3.05) is 37.0 Å². The molecule has 1 amide bonds. The van der Waals surface area contributed by atoms with Gasteiger partial charge in [-0.05, 0) is 18.1 Å². The van der Waals surface area contributed by atoms with Crippen LogP contribution in [0.1, 0.15) is 12.0 Å². The number of ether oxygens (including phenoxy) is 1. The van der Waals surface area contributed by atoms with E-state index in [1.807, 2.05) is 5.01 Å². The van der Waals surface area contributed by atoms with E-state index in [1.165, 1.54) is 6.07 Å². The van der Waals surface area contributed by atoms with Crippen LogP contribution in [0.4, 0.5) is 17.1 Å². The molecule has 2 aliphatic heterocycles. The Bertz CT molecular complexity index is 584. The highest BCUT2D eigenvalue weighted by molar-refractivity contribution is 5.95. The van der Waals surface area contributed by atoms with Crippen molar-refractivity contribution in [1.29, 1.82) is 0 Å². The maximum absolute atomic E-state index is 11.5. The molecule has 21 heavy (non-hydrogen) atoms. The number of benzene rings is 1. The van der Waals surface area contributed by atoms with Gasteiger partial charge in [-0.3, -0.25) is 14.9 Å². The Labute approximate surface area is 121 Å². The smallest absolute Gasteiger partial charge is 0.294 e. The molecule has 0 aliphatic carbocycles. The van der Waals surface area contributed by atoms with E-state index in [4.69, 9.17) is 4.74 Å². The molecule has 0 aromatic heterocycles. The fourth-order valence-electron chi connectivity index (χ4n) is 2.50. The Morgan fingerprint density at radius 3 is 2.76 bits per heavy atom. The molecule has 3 rings (SSSR count). The van der Waals surface area contributed by atoms with Crippen LogP contribution in [0.25, 0.3) is 0 Å². The molecule has 8 heteroatoms. The molecule has 0 unspecified atom stereocenters. The van der Waals surface area contributed by atoms with Gasteiger partial charge in [0.25, 0.3) is 5.69 Å². The van der Waals surface area contributed by atoms with E-state index in [9.17, 15) is 14.9 Å². The molecular formula is C13H16N4O4. The monoisotopic (exact) mass is 292 g/mol. The second-order valence-corrected chi connectivity index (χ2v) is 5.04. The normalized spacial score (nSPS) is 18.8. The molecule has 0 bridgehead atoms. The zero-order valence-electron chi connectivity index (χ0n) is 11.4. The first kappa shape index (κ1) is 13.8. The summed E-state index contributed by atoms with van der Waals surface area (Å²) >= 11 is 0. The van der Waals surface area contributed by atoms with Gasteiger partial charge < -0.3 is 15.5 Å². The zero-order chi connectivity index (χ0) is 14.8. The summed E-state index contributed by atoms with van der Waals surface area (Å²) in [5.74, 6) is -0.0614. The van der Waals surface area contributed by atoms with Crippen molar-refractivity contribution < 1.29 is 14.5 Å². The first-order valence-corrected chi connectivity index (χ1v) is 6.84. The third-order valence-electron chi connectivity index (χ3n) is 3.60. The number of anilines is 2. The number of carbonyl (C=O) groups is 1. The molecule has 2 heterocycles. The van der Waals surface area contributed by atoms with Crippen molar-refractivity contribution in [3.63, 3.8) is 0 Å². The first-order valence-electron chi connectivity index (χ1n) is 6.84. The van der Waals surface area contributed by atoms with Gasteiger partial charge in [-0.15, -0.1) is 0 Å². The summed E-state index contributed by atoms with van der Waals surface area (Å²) < 4.78 is 5.25. The lowest BCUT2D eigenvalue weighted by molar-refractivity contribution is -0.384. The van der Waals surface area contributed by atoms with Crippen LogP contribution in [-0.2, 0) is 16.0 Å². The van der Waals surface area contributed by atoms with Crippen LogP contribution >= 0.6 is 0 Å². The molecule has 0 spiro atoms. The van der Waals surface area contributed by atoms with Gasteiger partial charge in [0.2, 0.25) is 5.91 Å². The number of morpholine rings is 1. The molecule has 1 saturated heterocycles. The van der Waals surface area contributed by atoms with Crippen LogP contribution in [0.15, 0.2) is 12.1 Å². The summed E-state index contributed by atoms with van der Waals surface area (Å²) in [6.45, 7) is 2.48. The molecule has 8 nitrogen and oxygen atoms in total. The van der Waals surface area contributed by atoms with Gasteiger partial charge >= 0.3 is 0 Å². The maximum atomic E-state index is 11.5. The van der Waals surface area contributed by atoms with Crippen LogP contribution in [0.2, 0.25) is 0 Å². The van der Waals surface area contributed by atoms with Gasteiger partial charge in [0.05, 0.1) is 18.1 Å². The van der Waals surface area contributed by atoms with Crippen LogP contribution in [0, 0.1) is 10.1 Å². The lowest BCUT2D eigenvalue weighted by atomic mass is 10.0. The topological polar surface area (TPSA) is 96.7 Å². The number of aryl methyl sites for hydroxylation is 1. The average Bonchev–Trinajstić information content (AvgIpc) is 2.47. The minimum Gasteiger partial charge on any atom is -0.379 e. The maximum Gasteiger partial charge on any atom is 0.294 e. The summed E-state index contributed by atoms with van der Waals surface area (Å²) in [5, 5.41) is 15.9. The number of rotatable bonds is 3. The molecule has 2 aliphatic rings. The molecule has 0 saturated carbocycles. The van der Waals surface area contributed by atoms with E-state index in [1.54, 1.807) is 6.07 Å². The van der Waals surface area contributed by atoms with E-state index in [0.29, 0.717) is 50.5 Å². The number of hydrazine groups is 1. The summed E-state index contributed by atoms with van der Waals surface area (Å²) in [4.78, 5) is 22.3. The van der Waals surface area contributed by atoms with Gasteiger partial charge in [-0.25, -0.2) is 5.01 Å². The SMILES string of the molecule is O=C1CCc2cc([N+](=O)[O-])c(NN3CCOCC3)cc2N1. The highest BCUT2D eigenvalue weighted by atomic mass is 16.6. The van der Waals surface area contributed by atoms with Gasteiger partial charge in [-0.2, -0.15) is 0 Å². The quantitative estimate of drug-likeness (QED) is 0.640. The molecule has 0 radical (unpaired) electrons. The number of amides is 1. The Balaban J connectivity index is 1.91. The van der Waals surface area contributed by atoms with Crippen LogP contribution in [-0.4, -0.2) is 42.1 Å². The third-order valence-corrected chi connectivity index (χ3v) is 3.60. The van der Waals surface area contributed by atoms with E-state index < -0.39 is 4.92 Å². The highest BCUT2D eigenvalue weighted by Gasteiger charge is 2.24.